The van der Waals surface area contributed by atoms with Crippen LogP contribution in [0.4, 0.5) is 0 Å². The van der Waals surface area contributed by atoms with E-state index in [1.807, 2.05) is 11.0 Å². The minimum absolute atomic E-state index is 0.133. The Bertz CT molecular complexity index is 614. The lowest BCUT2D eigenvalue weighted by Gasteiger charge is -2.30. The van der Waals surface area contributed by atoms with Crippen LogP contribution < -0.4 is 5.32 Å². The molecule has 0 unspecified atom stereocenters. The molecule has 0 saturated carbocycles. The second kappa shape index (κ2) is 9.85. The quantitative estimate of drug-likeness (QED) is 0.729. The number of aliphatic carboxylic acids is 1. The van der Waals surface area contributed by atoms with E-state index in [-0.39, 0.29) is 18.5 Å². The first-order valence-electron chi connectivity index (χ1n) is 10.1. The van der Waals surface area contributed by atoms with E-state index >= 15 is 0 Å². The van der Waals surface area contributed by atoms with Gasteiger partial charge in [0.1, 0.15) is 0 Å². The molecule has 2 fully saturated rings. The summed E-state index contributed by atoms with van der Waals surface area (Å²) in [6.07, 6.45) is 4.50. The molecule has 2 heterocycles. The highest BCUT2D eigenvalue weighted by molar-refractivity contribution is 5.76. The topological polar surface area (TPSA) is 72.9 Å². The minimum Gasteiger partial charge on any atom is -0.480 e. The molecule has 2 saturated heterocycles. The number of carbonyl (C=O) groups is 2. The molecule has 0 aliphatic carbocycles. The smallest absolute Gasteiger partial charge is 0.317 e. The maximum Gasteiger partial charge on any atom is 0.317 e. The van der Waals surface area contributed by atoms with E-state index in [4.69, 9.17) is 5.11 Å². The molecule has 1 amide bonds. The maximum atomic E-state index is 12.3. The van der Waals surface area contributed by atoms with Crippen LogP contribution >= 0.6 is 0 Å². The lowest BCUT2D eigenvalue weighted by molar-refractivity contribution is -0.138. The minimum atomic E-state index is -0.759. The van der Waals surface area contributed by atoms with Crippen molar-refractivity contribution in [2.24, 2.45) is 5.92 Å². The number of hydrogen-bond acceptors (Lipinski definition) is 4. The molecule has 0 radical (unpaired) electrons. The number of benzene rings is 1. The van der Waals surface area contributed by atoms with E-state index < -0.39 is 5.97 Å². The second-order valence-corrected chi connectivity index (χ2v) is 7.93. The van der Waals surface area contributed by atoms with Gasteiger partial charge in [-0.3, -0.25) is 19.4 Å². The fraction of sp³-hybridized carbons (Fsp3) is 0.619. The third-order valence-electron chi connectivity index (χ3n) is 5.73. The number of nitrogens with zero attached hydrogens (tertiary/aromatic N) is 2. The summed E-state index contributed by atoms with van der Waals surface area (Å²) in [5.74, 6) is -0.0563. The molecule has 6 nitrogen and oxygen atoms in total. The van der Waals surface area contributed by atoms with Gasteiger partial charge >= 0.3 is 5.97 Å². The van der Waals surface area contributed by atoms with E-state index in [1.165, 1.54) is 5.56 Å². The van der Waals surface area contributed by atoms with Crippen molar-refractivity contribution in [1.29, 1.82) is 0 Å². The van der Waals surface area contributed by atoms with Crippen molar-refractivity contribution in [3.05, 3.63) is 35.9 Å². The summed E-state index contributed by atoms with van der Waals surface area (Å²) >= 11 is 0. The number of carbonyl (C=O) groups excluding carboxylic acids is 1. The SMILES string of the molecule is O=C(O)CN1CCC(CCC(=O)N[C@H]2CCN(Cc3ccccc3)C2)CC1. The first kappa shape index (κ1) is 19.8. The van der Waals surface area contributed by atoms with Gasteiger partial charge in [0.2, 0.25) is 5.91 Å². The molecule has 3 rings (SSSR count). The van der Waals surface area contributed by atoms with Gasteiger partial charge in [0.25, 0.3) is 0 Å². The summed E-state index contributed by atoms with van der Waals surface area (Å²) in [6, 6.07) is 10.7. The molecule has 1 atom stereocenters. The Labute approximate surface area is 161 Å². The Morgan fingerprint density at radius 3 is 2.44 bits per heavy atom. The summed E-state index contributed by atoms with van der Waals surface area (Å²) in [7, 11) is 0. The van der Waals surface area contributed by atoms with Crippen molar-refractivity contribution in [3.63, 3.8) is 0 Å². The Morgan fingerprint density at radius 1 is 1.04 bits per heavy atom. The van der Waals surface area contributed by atoms with Gasteiger partial charge in [0, 0.05) is 32.1 Å². The van der Waals surface area contributed by atoms with Crippen molar-refractivity contribution in [1.82, 2.24) is 15.1 Å². The lowest BCUT2D eigenvalue weighted by Crippen LogP contribution is -2.39. The molecule has 148 valence electrons. The Morgan fingerprint density at radius 2 is 1.74 bits per heavy atom. The Hall–Kier alpha value is -1.92. The van der Waals surface area contributed by atoms with Gasteiger partial charge < -0.3 is 10.4 Å². The van der Waals surface area contributed by atoms with Crippen LogP contribution in [-0.2, 0) is 16.1 Å². The summed E-state index contributed by atoms with van der Waals surface area (Å²) in [6.45, 7) is 4.69. The highest BCUT2D eigenvalue weighted by atomic mass is 16.4. The molecule has 2 aliphatic heterocycles. The molecule has 2 N–H and O–H groups in total. The zero-order chi connectivity index (χ0) is 19.1. The second-order valence-electron chi connectivity index (χ2n) is 7.93. The van der Waals surface area contributed by atoms with Crippen molar-refractivity contribution in [2.45, 2.75) is 44.7 Å². The number of rotatable bonds is 8. The third-order valence-corrected chi connectivity index (χ3v) is 5.73. The highest BCUT2D eigenvalue weighted by Crippen LogP contribution is 2.22. The normalized spacial score (nSPS) is 22.0. The number of likely N-dealkylation sites (tertiary alicyclic amines) is 2. The van der Waals surface area contributed by atoms with Crippen LogP contribution in [0.2, 0.25) is 0 Å². The number of nitrogens with one attached hydrogen (secondary N) is 1. The molecular weight excluding hydrogens is 342 g/mol. The number of piperidine rings is 1. The van der Waals surface area contributed by atoms with Gasteiger partial charge in [-0.1, -0.05) is 30.3 Å². The van der Waals surface area contributed by atoms with Gasteiger partial charge in [-0.2, -0.15) is 0 Å². The number of carboxylic acid groups (broad SMARTS) is 1. The largest absolute Gasteiger partial charge is 0.480 e. The molecule has 0 aromatic heterocycles. The van der Waals surface area contributed by atoms with E-state index in [0.717, 1.165) is 58.4 Å². The molecule has 0 bridgehead atoms. The fourth-order valence-corrected chi connectivity index (χ4v) is 4.20. The van der Waals surface area contributed by atoms with E-state index in [9.17, 15) is 9.59 Å². The predicted molar refractivity (Wildman–Crippen MR) is 104 cm³/mol. The summed E-state index contributed by atoms with van der Waals surface area (Å²) < 4.78 is 0. The average Bonchev–Trinajstić information content (AvgIpc) is 3.08. The number of amides is 1. The molecule has 1 aromatic rings. The molecule has 1 aromatic carbocycles. The van der Waals surface area contributed by atoms with Crippen LogP contribution in [-0.4, -0.2) is 65.5 Å². The number of hydrogen-bond donors (Lipinski definition) is 2. The van der Waals surface area contributed by atoms with Gasteiger partial charge in [-0.15, -0.1) is 0 Å². The first-order chi connectivity index (χ1) is 13.1. The molecule has 27 heavy (non-hydrogen) atoms. The Kier molecular flexibility index (Phi) is 7.24. The lowest BCUT2D eigenvalue weighted by atomic mass is 9.92. The molecule has 0 spiro atoms. The van der Waals surface area contributed by atoms with Gasteiger partial charge in [0.05, 0.1) is 6.54 Å². The fourth-order valence-electron chi connectivity index (χ4n) is 4.20. The van der Waals surface area contributed by atoms with Crippen LogP contribution in [0.15, 0.2) is 30.3 Å². The third kappa shape index (κ3) is 6.63. The van der Waals surface area contributed by atoms with Crippen LogP contribution in [0.3, 0.4) is 0 Å². The highest BCUT2D eigenvalue weighted by Gasteiger charge is 2.25. The predicted octanol–water partition coefficient (Wildman–Crippen LogP) is 1.95. The molecule has 6 heteroatoms. The van der Waals surface area contributed by atoms with E-state index in [0.29, 0.717) is 12.3 Å². The van der Waals surface area contributed by atoms with Crippen LogP contribution in [0.25, 0.3) is 0 Å². The Balaban J connectivity index is 1.30. The number of carboxylic acids is 1. The summed E-state index contributed by atoms with van der Waals surface area (Å²) in [5, 5.41) is 12.0. The van der Waals surface area contributed by atoms with Crippen LogP contribution in [0.1, 0.15) is 37.7 Å². The van der Waals surface area contributed by atoms with Crippen molar-refractivity contribution < 1.29 is 14.7 Å². The van der Waals surface area contributed by atoms with Crippen LogP contribution in [0, 0.1) is 5.92 Å². The molecular formula is C21H31N3O3. The first-order valence-corrected chi connectivity index (χ1v) is 10.1. The zero-order valence-corrected chi connectivity index (χ0v) is 16.0. The summed E-state index contributed by atoms with van der Waals surface area (Å²) in [4.78, 5) is 27.4. The van der Waals surface area contributed by atoms with Gasteiger partial charge in [-0.25, -0.2) is 0 Å². The maximum absolute atomic E-state index is 12.3. The monoisotopic (exact) mass is 373 g/mol. The zero-order valence-electron chi connectivity index (χ0n) is 16.0. The van der Waals surface area contributed by atoms with Crippen molar-refractivity contribution in [2.75, 3.05) is 32.7 Å². The van der Waals surface area contributed by atoms with Crippen molar-refractivity contribution in [3.8, 4) is 0 Å². The van der Waals surface area contributed by atoms with Gasteiger partial charge in [0.15, 0.2) is 0 Å². The standard InChI is InChI=1S/C21H31N3O3/c25-20(7-6-17-8-11-23(12-9-17)16-21(26)27)22-19-10-13-24(15-19)14-18-4-2-1-3-5-18/h1-5,17,19H,6-16H2,(H,22,25)(H,26,27)/t19-/m0/s1. The molecule has 2 aliphatic rings. The van der Waals surface area contributed by atoms with Crippen molar-refractivity contribution >= 4 is 11.9 Å². The van der Waals surface area contributed by atoms with Crippen LogP contribution in [0.5, 0.6) is 0 Å². The average molecular weight is 373 g/mol. The van der Waals surface area contributed by atoms with E-state index in [2.05, 4.69) is 34.5 Å². The van der Waals surface area contributed by atoms with Gasteiger partial charge in [-0.05, 0) is 50.3 Å². The summed E-state index contributed by atoms with van der Waals surface area (Å²) in [5.41, 5.74) is 1.32. The van der Waals surface area contributed by atoms with E-state index in [1.54, 1.807) is 0 Å².